The van der Waals surface area contributed by atoms with Gasteiger partial charge in [-0.05, 0) is 35.9 Å². The van der Waals surface area contributed by atoms with E-state index in [1.54, 1.807) is 18.2 Å². The fourth-order valence-corrected chi connectivity index (χ4v) is 3.23. The molecule has 0 saturated carbocycles. The molecule has 27 heavy (non-hydrogen) atoms. The van der Waals surface area contributed by atoms with Gasteiger partial charge in [-0.15, -0.1) is 0 Å². The number of carbonyl (C=O) groups is 2. The number of halogens is 1. The number of anilines is 2. The average molecular weight is 393 g/mol. The SMILES string of the molecule is CC(=O)Nc1cccc(NS(=O)(=O)CCNC(=O)Cc2ccc(F)cc2)c1. The first-order valence-electron chi connectivity index (χ1n) is 8.13. The highest BCUT2D eigenvalue weighted by atomic mass is 32.2. The van der Waals surface area contributed by atoms with Gasteiger partial charge < -0.3 is 10.6 Å². The summed E-state index contributed by atoms with van der Waals surface area (Å²) in [5.41, 5.74) is 1.40. The number of amides is 2. The number of hydrogen-bond acceptors (Lipinski definition) is 4. The van der Waals surface area contributed by atoms with E-state index < -0.39 is 10.0 Å². The van der Waals surface area contributed by atoms with Gasteiger partial charge in [-0.25, -0.2) is 12.8 Å². The van der Waals surface area contributed by atoms with Crippen molar-refractivity contribution in [1.82, 2.24) is 5.32 Å². The smallest absolute Gasteiger partial charge is 0.234 e. The molecule has 2 rings (SSSR count). The molecule has 3 N–H and O–H groups in total. The van der Waals surface area contributed by atoms with Crippen LogP contribution >= 0.6 is 0 Å². The van der Waals surface area contributed by atoms with Crippen molar-refractivity contribution in [1.29, 1.82) is 0 Å². The minimum atomic E-state index is -3.68. The molecule has 0 atom stereocenters. The van der Waals surface area contributed by atoms with Crippen LogP contribution in [-0.2, 0) is 26.0 Å². The molecule has 0 aliphatic heterocycles. The van der Waals surface area contributed by atoms with Gasteiger partial charge in [0.1, 0.15) is 5.82 Å². The zero-order chi connectivity index (χ0) is 19.9. The van der Waals surface area contributed by atoms with E-state index in [0.29, 0.717) is 16.9 Å². The highest BCUT2D eigenvalue weighted by molar-refractivity contribution is 7.92. The summed E-state index contributed by atoms with van der Waals surface area (Å²) in [6.07, 6.45) is 0.0342. The topological polar surface area (TPSA) is 104 Å². The van der Waals surface area contributed by atoms with Crippen LogP contribution in [0.1, 0.15) is 12.5 Å². The lowest BCUT2D eigenvalue weighted by molar-refractivity contribution is -0.120. The Balaban J connectivity index is 1.83. The van der Waals surface area contributed by atoms with Crippen LogP contribution in [0.15, 0.2) is 48.5 Å². The van der Waals surface area contributed by atoms with Crippen LogP contribution in [0.4, 0.5) is 15.8 Å². The Morgan fingerprint density at radius 3 is 2.37 bits per heavy atom. The van der Waals surface area contributed by atoms with Gasteiger partial charge in [0.25, 0.3) is 0 Å². The lowest BCUT2D eigenvalue weighted by Gasteiger charge is -2.10. The van der Waals surface area contributed by atoms with Crippen LogP contribution in [0.25, 0.3) is 0 Å². The minimum absolute atomic E-state index is 0.0342. The lowest BCUT2D eigenvalue weighted by atomic mass is 10.1. The number of carbonyl (C=O) groups excluding carboxylic acids is 2. The zero-order valence-electron chi connectivity index (χ0n) is 14.7. The molecule has 0 aliphatic rings. The van der Waals surface area contributed by atoms with Gasteiger partial charge in [0.15, 0.2) is 0 Å². The number of rotatable bonds is 8. The number of hydrogen-bond donors (Lipinski definition) is 3. The predicted molar refractivity (Wildman–Crippen MR) is 101 cm³/mol. The average Bonchev–Trinajstić information content (AvgIpc) is 2.56. The third-order valence-corrected chi connectivity index (χ3v) is 4.72. The normalized spacial score (nSPS) is 10.9. The molecule has 0 unspecified atom stereocenters. The van der Waals surface area contributed by atoms with E-state index in [9.17, 15) is 22.4 Å². The van der Waals surface area contributed by atoms with E-state index in [4.69, 9.17) is 0 Å². The Morgan fingerprint density at radius 1 is 1.04 bits per heavy atom. The molecule has 0 spiro atoms. The Hall–Kier alpha value is -2.94. The van der Waals surface area contributed by atoms with E-state index >= 15 is 0 Å². The van der Waals surface area contributed by atoms with E-state index in [1.165, 1.54) is 37.3 Å². The maximum absolute atomic E-state index is 12.8. The molecule has 9 heteroatoms. The van der Waals surface area contributed by atoms with Crippen molar-refractivity contribution in [2.45, 2.75) is 13.3 Å². The molecule has 0 aliphatic carbocycles. The quantitative estimate of drug-likeness (QED) is 0.637. The monoisotopic (exact) mass is 393 g/mol. The highest BCUT2D eigenvalue weighted by Crippen LogP contribution is 2.16. The second-order valence-electron chi connectivity index (χ2n) is 5.84. The fourth-order valence-electron chi connectivity index (χ4n) is 2.27. The molecular formula is C18H20FN3O4S. The van der Waals surface area contributed by atoms with Crippen molar-refractivity contribution in [2.75, 3.05) is 22.3 Å². The van der Waals surface area contributed by atoms with Crippen LogP contribution in [0.5, 0.6) is 0 Å². The molecule has 2 amide bonds. The maximum atomic E-state index is 12.8. The van der Waals surface area contributed by atoms with Gasteiger partial charge in [0.2, 0.25) is 21.8 Å². The van der Waals surface area contributed by atoms with E-state index in [-0.39, 0.29) is 36.4 Å². The van der Waals surface area contributed by atoms with Gasteiger partial charge in [0.05, 0.1) is 17.9 Å². The van der Waals surface area contributed by atoms with Crippen LogP contribution in [0.3, 0.4) is 0 Å². The van der Waals surface area contributed by atoms with Crippen LogP contribution in [0, 0.1) is 5.82 Å². The van der Waals surface area contributed by atoms with Crippen LogP contribution < -0.4 is 15.4 Å². The molecule has 0 radical (unpaired) electrons. The predicted octanol–water partition coefficient (Wildman–Crippen LogP) is 1.88. The molecule has 2 aromatic carbocycles. The summed E-state index contributed by atoms with van der Waals surface area (Å²) >= 11 is 0. The first-order valence-corrected chi connectivity index (χ1v) is 9.78. The van der Waals surface area contributed by atoms with E-state index in [0.717, 1.165) is 0 Å². The molecule has 0 heterocycles. The van der Waals surface area contributed by atoms with Gasteiger partial charge in [0, 0.05) is 19.2 Å². The molecule has 0 aromatic heterocycles. The van der Waals surface area contributed by atoms with E-state index in [2.05, 4.69) is 15.4 Å². The number of sulfonamides is 1. The van der Waals surface area contributed by atoms with Crippen molar-refractivity contribution in [3.63, 3.8) is 0 Å². The van der Waals surface area contributed by atoms with Crippen molar-refractivity contribution >= 4 is 33.2 Å². The Kier molecular flexibility index (Phi) is 6.89. The highest BCUT2D eigenvalue weighted by Gasteiger charge is 2.12. The Morgan fingerprint density at radius 2 is 1.70 bits per heavy atom. The van der Waals surface area contributed by atoms with Crippen molar-refractivity contribution in [3.8, 4) is 0 Å². The van der Waals surface area contributed by atoms with Gasteiger partial charge in [-0.3, -0.25) is 14.3 Å². The molecule has 144 valence electrons. The number of nitrogens with one attached hydrogen (secondary N) is 3. The molecule has 2 aromatic rings. The molecule has 0 bridgehead atoms. The largest absolute Gasteiger partial charge is 0.355 e. The number of benzene rings is 2. The summed E-state index contributed by atoms with van der Waals surface area (Å²) in [5, 5.41) is 5.08. The summed E-state index contributed by atoms with van der Waals surface area (Å²) in [7, 11) is -3.68. The zero-order valence-corrected chi connectivity index (χ0v) is 15.5. The molecule has 7 nitrogen and oxygen atoms in total. The van der Waals surface area contributed by atoms with Gasteiger partial charge in [-0.2, -0.15) is 0 Å². The third kappa shape index (κ3) is 7.45. The molecule has 0 fully saturated rings. The first-order chi connectivity index (χ1) is 12.7. The summed E-state index contributed by atoms with van der Waals surface area (Å²) in [6.45, 7) is 1.28. The fraction of sp³-hybridized carbons (Fsp3) is 0.222. The van der Waals surface area contributed by atoms with Gasteiger partial charge >= 0.3 is 0 Å². The molecule has 0 saturated heterocycles. The van der Waals surface area contributed by atoms with Crippen molar-refractivity contribution < 1.29 is 22.4 Å². The summed E-state index contributed by atoms with van der Waals surface area (Å²) in [4.78, 5) is 22.9. The van der Waals surface area contributed by atoms with Crippen molar-refractivity contribution in [3.05, 3.63) is 59.9 Å². The Labute approximate surface area is 157 Å². The second kappa shape index (κ2) is 9.13. The summed E-state index contributed by atoms with van der Waals surface area (Å²) in [6, 6.07) is 11.8. The Bertz CT molecular complexity index is 914. The van der Waals surface area contributed by atoms with Gasteiger partial charge in [-0.1, -0.05) is 18.2 Å². The van der Waals surface area contributed by atoms with Crippen LogP contribution in [-0.4, -0.2) is 32.5 Å². The van der Waals surface area contributed by atoms with Crippen LogP contribution in [0.2, 0.25) is 0 Å². The summed E-state index contributed by atoms with van der Waals surface area (Å²) < 4.78 is 39.5. The lowest BCUT2D eigenvalue weighted by Crippen LogP contribution is -2.32. The first kappa shape index (κ1) is 20.4. The maximum Gasteiger partial charge on any atom is 0.234 e. The molecular weight excluding hydrogens is 373 g/mol. The second-order valence-corrected chi connectivity index (χ2v) is 7.68. The minimum Gasteiger partial charge on any atom is -0.355 e. The van der Waals surface area contributed by atoms with E-state index in [1.807, 2.05) is 0 Å². The standard InChI is InChI=1S/C18H20FN3O4S/c1-13(23)21-16-3-2-4-17(12-16)22-27(25,26)10-9-20-18(24)11-14-5-7-15(19)8-6-14/h2-8,12,22H,9-11H2,1H3,(H,20,24)(H,21,23). The third-order valence-electron chi connectivity index (χ3n) is 3.43. The van der Waals surface area contributed by atoms with Crippen molar-refractivity contribution in [2.24, 2.45) is 0 Å². The summed E-state index contributed by atoms with van der Waals surface area (Å²) in [5.74, 6) is -1.32.